The van der Waals surface area contributed by atoms with Crippen molar-refractivity contribution >= 4 is 0 Å². The Morgan fingerprint density at radius 3 is 2.77 bits per heavy atom. The van der Waals surface area contributed by atoms with Crippen molar-refractivity contribution in [3.05, 3.63) is 33.1 Å². The number of hydrazine groups is 1. The van der Waals surface area contributed by atoms with Crippen molar-refractivity contribution in [1.82, 2.24) is 19.7 Å². The van der Waals surface area contributed by atoms with Crippen LogP contribution in [0.3, 0.4) is 0 Å². The molecule has 2 saturated heterocycles. The molecule has 3 heterocycles. The minimum absolute atomic E-state index is 0.0729. The third-order valence-corrected chi connectivity index (χ3v) is 4.52. The van der Waals surface area contributed by atoms with Gasteiger partial charge in [-0.3, -0.25) is 19.2 Å². The van der Waals surface area contributed by atoms with Gasteiger partial charge in [0.2, 0.25) is 0 Å². The summed E-state index contributed by atoms with van der Waals surface area (Å²) in [4.78, 5) is 31.1. The maximum Gasteiger partial charge on any atom is 0.330 e. The van der Waals surface area contributed by atoms with Crippen LogP contribution in [0.15, 0.2) is 21.9 Å². The lowest BCUT2D eigenvalue weighted by molar-refractivity contribution is -0.294. The van der Waals surface area contributed by atoms with E-state index in [9.17, 15) is 14.7 Å². The van der Waals surface area contributed by atoms with E-state index in [0.29, 0.717) is 26.3 Å². The Morgan fingerprint density at radius 1 is 1.38 bits per heavy atom. The van der Waals surface area contributed by atoms with Crippen molar-refractivity contribution in [1.29, 1.82) is 0 Å². The molecule has 0 radical (unpaired) electrons. The molecule has 2 N–H and O–H groups in total. The number of aliphatic hydroxyl groups is 1. The number of aromatic nitrogens is 2. The first-order valence-electron chi connectivity index (χ1n) is 8.38. The largest absolute Gasteiger partial charge is 0.387 e. The molecule has 146 valence electrons. The van der Waals surface area contributed by atoms with Gasteiger partial charge < -0.3 is 19.3 Å². The summed E-state index contributed by atoms with van der Waals surface area (Å²) >= 11 is 0. The fourth-order valence-electron chi connectivity index (χ4n) is 3.06. The minimum Gasteiger partial charge on any atom is -0.387 e. The van der Waals surface area contributed by atoms with Gasteiger partial charge in [0, 0.05) is 39.5 Å². The van der Waals surface area contributed by atoms with Crippen molar-refractivity contribution in [2.45, 2.75) is 24.5 Å². The molecule has 2 aliphatic rings. The van der Waals surface area contributed by atoms with E-state index in [0.717, 1.165) is 0 Å². The molecular formula is C15H24N4O7. The molecule has 0 bridgehead atoms. The third kappa shape index (κ3) is 4.04. The van der Waals surface area contributed by atoms with Crippen LogP contribution in [0, 0.1) is 0 Å². The molecule has 1 aromatic rings. The Kier molecular flexibility index (Phi) is 6.19. The maximum absolute atomic E-state index is 12.0. The molecule has 26 heavy (non-hydrogen) atoms. The van der Waals surface area contributed by atoms with E-state index >= 15 is 0 Å². The van der Waals surface area contributed by atoms with Gasteiger partial charge in [0.15, 0.2) is 6.23 Å². The maximum atomic E-state index is 12.0. The summed E-state index contributed by atoms with van der Waals surface area (Å²) in [5.41, 5.74) is -1.14. The van der Waals surface area contributed by atoms with Crippen molar-refractivity contribution in [2.75, 3.05) is 47.1 Å². The predicted molar refractivity (Wildman–Crippen MR) is 88.1 cm³/mol. The summed E-state index contributed by atoms with van der Waals surface area (Å²) in [7, 11) is 3.19. The van der Waals surface area contributed by atoms with E-state index in [4.69, 9.17) is 19.0 Å². The van der Waals surface area contributed by atoms with Gasteiger partial charge in [-0.15, -0.1) is 5.17 Å². The number of hydrogen-bond donors (Lipinski definition) is 2. The summed E-state index contributed by atoms with van der Waals surface area (Å²) < 4.78 is 17.6. The van der Waals surface area contributed by atoms with Crippen molar-refractivity contribution in [3.63, 3.8) is 0 Å². The number of hydroxylamine groups is 1. The highest BCUT2D eigenvalue weighted by Gasteiger charge is 2.45. The standard InChI is InChI=1S/C15H24N4O7/c1-17(18-5-7-24-8-6-18)25-9-10-12(21)13(23-2)14(26-10)19-4-3-11(20)16-15(19)22/h3-4,10,12-14,21H,5-9H2,1-2H3,(H,16,20,22)/t10-,12?,13+,14-/m1/s1. The molecule has 11 nitrogen and oxygen atoms in total. The van der Waals surface area contributed by atoms with Gasteiger partial charge >= 0.3 is 5.69 Å². The van der Waals surface area contributed by atoms with Crippen molar-refractivity contribution in [2.24, 2.45) is 0 Å². The zero-order valence-electron chi connectivity index (χ0n) is 14.7. The van der Waals surface area contributed by atoms with E-state index in [-0.39, 0.29) is 6.61 Å². The van der Waals surface area contributed by atoms with Gasteiger partial charge in [0.25, 0.3) is 5.56 Å². The van der Waals surface area contributed by atoms with Crippen molar-refractivity contribution < 1.29 is 24.2 Å². The van der Waals surface area contributed by atoms with Crippen LogP contribution < -0.4 is 11.2 Å². The first-order chi connectivity index (χ1) is 12.5. The van der Waals surface area contributed by atoms with E-state index in [1.54, 1.807) is 12.2 Å². The second kappa shape index (κ2) is 8.39. The summed E-state index contributed by atoms with van der Waals surface area (Å²) in [5, 5.41) is 14.1. The molecule has 11 heteroatoms. The Hall–Kier alpha value is -1.60. The molecule has 0 spiro atoms. The lowest BCUT2D eigenvalue weighted by Gasteiger charge is -2.34. The zero-order chi connectivity index (χ0) is 18.7. The van der Waals surface area contributed by atoms with Crippen LogP contribution in [-0.2, 0) is 19.0 Å². The molecule has 0 saturated carbocycles. The summed E-state index contributed by atoms with van der Waals surface area (Å²) in [6, 6.07) is 1.21. The Bertz CT molecular complexity index is 702. The molecule has 3 rings (SSSR count). The average molecular weight is 372 g/mol. The van der Waals surface area contributed by atoms with E-state index in [1.807, 2.05) is 5.01 Å². The molecule has 2 aliphatic heterocycles. The normalized spacial score (nSPS) is 30.2. The van der Waals surface area contributed by atoms with Crippen LogP contribution in [0.5, 0.6) is 0 Å². The van der Waals surface area contributed by atoms with Crippen LogP contribution in [0.2, 0.25) is 0 Å². The lowest BCUT2D eigenvalue weighted by atomic mass is 10.1. The molecule has 4 atom stereocenters. The lowest BCUT2D eigenvalue weighted by Crippen LogP contribution is -2.48. The Balaban J connectivity index is 1.65. The minimum atomic E-state index is -0.998. The number of hydrogen-bond acceptors (Lipinski definition) is 9. The van der Waals surface area contributed by atoms with Gasteiger partial charge in [-0.2, -0.15) is 0 Å². The topological polar surface area (TPSA) is 118 Å². The molecule has 0 aliphatic carbocycles. The van der Waals surface area contributed by atoms with Crippen LogP contribution in [0.1, 0.15) is 6.23 Å². The van der Waals surface area contributed by atoms with Gasteiger partial charge in [0.1, 0.15) is 18.3 Å². The van der Waals surface area contributed by atoms with Crippen LogP contribution in [0.4, 0.5) is 0 Å². The SMILES string of the molecule is CO[C@H]1C(O)[C@@H](CON(C)N2CCOCC2)O[C@H]1n1ccc(=O)[nH]c1=O. The molecule has 1 aromatic heterocycles. The second-order valence-corrected chi connectivity index (χ2v) is 6.10. The highest BCUT2D eigenvalue weighted by molar-refractivity contribution is 4.93. The Labute approximate surface area is 149 Å². The number of nitrogens with zero attached hydrogens (tertiary/aromatic N) is 3. The van der Waals surface area contributed by atoms with E-state index < -0.39 is 35.8 Å². The molecule has 0 aromatic carbocycles. The molecule has 2 fully saturated rings. The van der Waals surface area contributed by atoms with Crippen LogP contribution in [0.25, 0.3) is 0 Å². The fourth-order valence-corrected chi connectivity index (χ4v) is 3.06. The predicted octanol–water partition coefficient (Wildman–Crippen LogP) is -2.08. The van der Waals surface area contributed by atoms with Gasteiger partial charge in [-0.25, -0.2) is 9.80 Å². The number of aliphatic hydroxyl groups excluding tert-OH is 1. The number of ether oxygens (including phenoxy) is 3. The number of morpholine rings is 1. The molecule has 1 unspecified atom stereocenters. The summed E-state index contributed by atoms with van der Waals surface area (Å²) in [5.74, 6) is 0. The molecular weight excluding hydrogens is 348 g/mol. The van der Waals surface area contributed by atoms with Crippen molar-refractivity contribution in [3.8, 4) is 0 Å². The number of H-pyrrole nitrogens is 1. The number of aromatic amines is 1. The second-order valence-electron chi connectivity index (χ2n) is 6.10. The summed E-state index contributed by atoms with van der Waals surface area (Å²) in [6.07, 6.45) is -2.04. The number of methoxy groups -OCH3 is 1. The third-order valence-electron chi connectivity index (χ3n) is 4.52. The fraction of sp³-hybridized carbons (Fsp3) is 0.733. The summed E-state index contributed by atoms with van der Waals surface area (Å²) in [6.45, 7) is 2.74. The van der Waals surface area contributed by atoms with Gasteiger partial charge in [-0.05, 0) is 0 Å². The quantitative estimate of drug-likeness (QED) is 0.542. The smallest absolute Gasteiger partial charge is 0.330 e. The molecule has 0 amide bonds. The van der Waals surface area contributed by atoms with E-state index in [1.165, 1.54) is 23.9 Å². The highest BCUT2D eigenvalue weighted by atomic mass is 16.7. The monoisotopic (exact) mass is 372 g/mol. The van der Waals surface area contributed by atoms with Crippen LogP contribution in [-0.4, -0.2) is 90.2 Å². The zero-order valence-corrected chi connectivity index (χ0v) is 14.7. The Morgan fingerprint density at radius 2 is 2.12 bits per heavy atom. The average Bonchev–Trinajstić information content (AvgIpc) is 2.96. The van der Waals surface area contributed by atoms with Gasteiger partial charge in [0.05, 0.1) is 19.8 Å². The first-order valence-corrected chi connectivity index (χ1v) is 8.38. The highest BCUT2D eigenvalue weighted by Crippen LogP contribution is 2.30. The number of rotatable bonds is 6. The van der Waals surface area contributed by atoms with E-state index in [2.05, 4.69) is 4.98 Å². The first kappa shape index (κ1) is 19.2. The number of nitrogens with one attached hydrogen (secondary N) is 1. The van der Waals surface area contributed by atoms with Gasteiger partial charge in [-0.1, -0.05) is 0 Å². The van der Waals surface area contributed by atoms with Crippen LogP contribution >= 0.6 is 0 Å².